The van der Waals surface area contributed by atoms with Gasteiger partial charge >= 0.3 is 0 Å². The lowest BCUT2D eigenvalue weighted by Crippen LogP contribution is -2.64. The van der Waals surface area contributed by atoms with Crippen LogP contribution in [0.5, 0.6) is 0 Å². The summed E-state index contributed by atoms with van der Waals surface area (Å²) in [5, 5.41) is 0. The van der Waals surface area contributed by atoms with E-state index in [4.69, 9.17) is 0 Å². The summed E-state index contributed by atoms with van der Waals surface area (Å²) >= 11 is 0. The highest BCUT2D eigenvalue weighted by Crippen LogP contribution is 2.77. The minimum absolute atomic E-state index is 0.0169. The minimum Gasteiger partial charge on any atom is -0.311 e. The fraction of sp³-hybridized carbons (Fsp3) is 0.390. The first kappa shape index (κ1) is 41.0. The molecule has 0 aromatic heterocycles. The molecule has 2 nitrogen and oxygen atoms in total. The highest BCUT2D eigenvalue weighted by Gasteiger charge is 2.69. The normalized spacial score (nSPS) is 26.7. The van der Waals surface area contributed by atoms with E-state index in [0.29, 0.717) is 41.9 Å². The molecule has 0 saturated carbocycles. The van der Waals surface area contributed by atoms with Gasteiger partial charge in [0.1, 0.15) is 0 Å². The number of nitrogens with zero attached hydrogens (tertiary/aromatic N) is 2. The van der Waals surface area contributed by atoms with Gasteiger partial charge in [-0.1, -0.05) is 113 Å². The topological polar surface area (TPSA) is 6.48 Å². The number of allylic oxidation sites excluding steroid dienone is 10. The van der Waals surface area contributed by atoms with Gasteiger partial charge in [0.2, 0.25) is 0 Å². The van der Waals surface area contributed by atoms with Crippen molar-refractivity contribution in [2.45, 2.75) is 114 Å². The number of hydrogen-bond donors (Lipinski definition) is 0. The molecule has 6 atom stereocenters. The minimum atomic E-state index is -0.178. The molecule has 3 aliphatic heterocycles. The number of hydrogen-bond acceptors (Lipinski definition) is 2. The molecule has 0 spiro atoms. The molecular weight excluding hydrogens is 747 g/mol. The maximum atomic E-state index is 2.74. The molecule has 6 unspecified atom stereocenters. The standard InChI is InChI=1S/C59H67BN2/c1-34-18-22-42(26-38(34)5)61(43-23-19-35(2)39(6)27-43)46-30-50-55-52(32-46)59(13,14)53-33-47(62(44-24-20-36(3)40(7)28-44)45-25-21-37(4)41(8)29-45)31-51-56(53)60(55)54-48(57(50,9)10)16-15-17-49(54)58(51,11)12/h15-33,48,50-51,54-56H,1-14H3. The number of aryl methyl sites for hydroxylation is 8. The summed E-state index contributed by atoms with van der Waals surface area (Å²) in [6.45, 7) is 34.1. The Hall–Kier alpha value is -5.02. The summed E-state index contributed by atoms with van der Waals surface area (Å²) in [5.41, 5.74) is 22.9. The van der Waals surface area contributed by atoms with Crippen molar-refractivity contribution in [2.75, 3.05) is 9.80 Å². The highest BCUT2D eigenvalue weighted by molar-refractivity contribution is 6.68. The molecule has 0 N–H and O–H groups in total. The van der Waals surface area contributed by atoms with E-state index in [1.165, 1.54) is 78.7 Å². The average Bonchev–Trinajstić information content (AvgIpc) is 3.22. The Balaban J connectivity index is 1.23. The first-order chi connectivity index (χ1) is 29.3. The second-order valence-electron chi connectivity index (χ2n) is 22.0. The van der Waals surface area contributed by atoms with Gasteiger partial charge in [-0.25, -0.2) is 0 Å². The van der Waals surface area contributed by atoms with Crippen LogP contribution in [-0.2, 0) is 0 Å². The first-order valence-electron chi connectivity index (χ1n) is 23.5. The van der Waals surface area contributed by atoms with Crippen LogP contribution in [0.3, 0.4) is 0 Å². The van der Waals surface area contributed by atoms with Crippen LogP contribution in [0.15, 0.2) is 143 Å². The van der Waals surface area contributed by atoms with Crippen LogP contribution in [0.4, 0.5) is 22.7 Å². The third-order valence-electron chi connectivity index (χ3n) is 17.6. The van der Waals surface area contributed by atoms with Gasteiger partial charge in [0, 0.05) is 39.6 Å². The van der Waals surface area contributed by atoms with Gasteiger partial charge in [-0.15, -0.1) is 0 Å². The summed E-state index contributed by atoms with van der Waals surface area (Å²) in [6.07, 6.45) is 18.4. The molecule has 4 aromatic carbocycles. The van der Waals surface area contributed by atoms with Crippen molar-refractivity contribution in [3.63, 3.8) is 0 Å². The predicted octanol–water partition coefficient (Wildman–Crippen LogP) is 15.8. The maximum Gasteiger partial charge on any atom is 0.165 e. The van der Waals surface area contributed by atoms with Gasteiger partial charge in [-0.3, -0.25) is 0 Å². The lowest BCUT2D eigenvalue weighted by molar-refractivity contribution is 0.118. The highest BCUT2D eigenvalue weighted by atomic mass is 15.2. The van der Waals surface area contributed by atoms with E-state index in [-0.39, 0.29) is 16.2 Å². The van der Waals surface area contributed by atoms with Crippen molar-refractivity contribution in [3.8, 4) is 0 Å². The molecule has 0 radical (unpaired) electrons. The largest absolute Gasteiger partial charge is 0.311 e. The summed E-state index contributed by atoms with van der Waals surface area (Å²) < 4.78 is 0. The Bertz CT molecular complexity index is 2640. The quantitative estimate of drug-likeness (QED) is 0.179. The van der Waals surface area contributed by atoms with E-state index in [9.17, 15) is 0 Å². The third-order valence-corrected chi connectivity index (χ3v) is 17.6. The van der Waals surface area contributed by atoms with Gasteiger partial charge in [-0.2, -0.15) is 0 Å². The van der Waals surface area contributed by atoms with E-state index in [2.05, 4.69) is 222 Å². The monoisotopic (exact) mass is 815 g/mol. The molecule has 3 saturated heterocycles. The Labute approximate surface area is 374 Å². The fourth-order valence-corrected chi connectivity index (χ4v) is 13.4. The van der Waals surface area contributed by atoms with Crippen LogP contribution in [0.1, 0.15) is 86.1 Å². The number of rotatable bonds is 6. The zero-order valence-corrected chi connectivity index (χ0v) is 39.9. The molecule has 62 heavy (non-hydrogen) atoms. The lowest BCUT2D eigenvalue weighted by Gasteiger charge is -2.69. The summed E-state index contributed by atoms with van der Waals surface area (Å²) in [7, 11) is 0. The second kappa shape index (κ2) is 14.0. The predicted molar refractivity (Wildman–Crippen MR) is 266 cm³/mol. The Morgan fingerprint density at radius 3 is 1.21 bits per heavy atom. The van der Waals surface area contributed by atoms with Crippen LogP contribution < -0.4 is 9.80 Å². The van der Waals surface area contributed by atoms with E-state index < -0.39 is 0 Å². The third kappa shape index (κ3) is 5.89. The van der Waals surface area contributed by atoms with Gasteiger partial charge in [0.05, 0.1) is 0 Å². The molecule has 316 valence electrons. The van der Waals surface area contributed by atoms with Crippen LogP contribution in [-0.4, -0.2) is 6.71 Å². The molecule has 0 amide bonds. The summed E-state index contributed by atoms with van der Waals surface area (Å²) in [5.74, 6) is 2.60. The van der Waals surface area contributed by atoms with E-state index in [1.54, 1.807) is 16.7 Å². The molecule has 0 bridgehead atoms. The molecule has 3 heterocycles. The van der Waals surface area contributed by atoms with Gasteiger partial charge in [-0.05, 0) is 207 Å². The zero-order valence-electron chi connectivity index (χ0n) is 39.9. The lowest BCUT2D eigenvalue weighted by atomic mass is 9.10. The van der Waals surface area contributed by atoms with Crippen LogP contribution in [0.25, 0.3) is 0 Å². The molecule has 4 aromatic rings. The Kier molecular flexibility index (Phi) is 9.26. The zero-order chi connectivity index (χ0) is 43.9. The van der Waals surface area contributed by atoms with Crippen molar-refractivity contribution in [1.29, 1.82) is 0 Å². The maximum absolute atomic E-state index is 2.74. The van der Waals surface area contributed by atoms with E-state index >= 15 is 0 Å². The van der Waals surface area contributed by atoms with Gasteiger partial charge in [0.25, 0.3) is 0 Å². The molecule has 3 heteroatoms. The fourth-order valence-electron chi connectivity index (χ4n) is 13.4. The van der Waals surface area contributed by atoms with Gasteiger partial charge in [0.15, 0.2) is 6.71 Å². The Morgan fingerprint density at radius 2 is 0.806 bits per heavy atom. The summed E-state index contributed by atoms with van der Waals surface area (Å²) in [4.78, 5) is 5.17. The average molecular weight is 815 g/mol. The first-order valence-corrected chi connectivity index (χ1v) is 23.5. The number of anilines is 4. The van der Waals surface area contributed by atoms with Crippen LogP contribution in [0, 0.1) is 89.4 Å². The molecule has 10 rings (SSSR count). The van der Waals surface area contributed by atoms with Crippen LogP contribution in [0.2, 0.25) is 17.5 Å². The number of benzene rings is 4. The molecule has 6 aliphatic rings. The van der Waals surface area contributed by atoms with Crippen molar-refractivity contribution >= 4 is 29.5 Å². The molecular formula is C59H67BN2. The SMILES string of the molecule is Cc1ccc(N(C2=CC3C4B5C6C(=CC(N(c7ccc(C)c(C)c7)c7ccc(C)c(C)c7)=CC6C(C)(C)C6C=CC=C(C56)C3(C)C)C(C)(C)C4=C2)c2ccc(C)c(C)c2)cc1C. The van der Waals surface area contributed by atoms with Crippen molar-refractivity contribution in [1.82, 2.24) is 0 Å². The van der Waals surface area contributed by atoms with Crippen molar-refractivity contribution < 1.29 is 0 Å². The molecule has 3 aliphatic carbocycles. The second-order valence-corrected chi connectivity index (χ2v) is 22.0. The van der Waals surface area contributed by atoms with E-state index in [0.717, 1.165) is 0 Å². The summed E-state index contributed by atoms with van der Waals surface area (Å²) in [6, 6.07) is 28.2. The Morgan fingerprint density at radius 1 is 0.435 bits per heavy atom. The van der Waals surface area contributed by atoms with Crippen LogP contribution >= 0.6 is 0 Å². The van der Waals surface area contributed by atoms with Gasteiger partial charge < -0.3 is 9.80 Å². The van der Waals surface area contributed by atoms with Crippen molar-refractivity contribution in [2.24, 2.45) is 34.0 Å². The smallest absolute Gasteiger partial charge is 0.165 e. The molecule has 3 fully saturated rings. The van der Waals surface area contributed by atoms with Crippen molar-refractivity contribution in [3.05, 3.63) is 188 Å². The van der Waals surface area contributed by atoms with E-state index in [1.807, 2.05) is 0 Å².